The van der Waals surface area contributed by atoms with Gasteiger partial charge in [0.1, 0.15) is 11.8 Å². The van der Waals surface area contributed by atoms with E-state index in [0.717, 1.165) is 23.6 Å². The molecule has 0 radical (unpaired) electrons. The minimum absolute atomic E-state index is 0.130. The van der Waals surface area contributed by atoms with Crippen molar-refractivity contribution in [3.63, 3.8) is 0 Å². The largest absolute Gasteiger partial charge is 0.390 e. The lowest BCUT2D eigenvalue weighted by Crippen LogP contribution is -2.27. The highest BCUT2D eigenvalue weighted by Gasteiger charge is 2.35. The first-order valence-electron chi connectivity index (χ1n) is 6.50. The first kappa shape index (κ1) is 12.3. The Kier molecular flexibility index (Phi) is 3.08. The second-order valence-electron chi connectivity index (χ2n) is 5.02. The Labute approximate surface area is 111 Å². The van der Waals surface area contributed by atoms with E-state index in [4.69, 9.17) is 0 Å². The number of hydrogen-bond donors (Lipinski definition) is 2. The van der Waals surface area contributed by atoms with E-state index in [2.05, 4.69) is 9.97 Å². The minimum atomic E-state index is -0.738. The lowest BCUT2D eigenvalue weighted by Gasteiger charge is -2.20. The Morgan fingerprint density at radius 1 is 1.26 bits per heavy atom. The Morgan fingerprint density at radius 3 is 2.79 bits per heavy atom. The minimum Gasteiger partial charge on any atom is -0.390 e. The van der Waals surface area contributed by atoms with Gasteiger partial charge < -0.3 is 14.8 Å². The third-order valence-electron chi connectivity index (χ3n) is 3.69. The van der Waals surface area contributed by atoms with E-state index >= 15 is 0 Å². The first-order valence-corrected chi connectivity index (χ1v) is 6.50. The molecule has 19 heavy (non-hydrogen) atoms. The van der Waals surface area contributed by atoms with Crippen LogP contribution < -0.4 is 0 Å². The van der Waals surface area contributed by atoms with Crippen LogP contribution in [0.25, 0.3) is 11.5 Å². The maximum Gasteiger partial charge on any atom is 0.158 e. The molecule has 0 spiro atoms. The lowest BCUT2D eigenvalue weighted by molar-refractivity contribution is 0.0238. The first-order chi connectivity index (χ1) is 9.16. The van der Waals surface area contributed by atoms with E-state index in [9.17, 15) is 10.2 Å². The van der Waals surface area contributed by atoms with Gasteiger partial charge in [0.2, 0.25) is 0 Å². The zero-order valence-electron chi connectivity index (χ0n) is 10.8. The molecule has 2 N–H and O–H groups in total. The number of rotatable bonds is 2. The summed E-state index contributed by atoms with van der Waals surface area (Å²) < 4.78 is 1.92. The molecule has 2 heterocycles. The Bertz CT molecular complexity index is 582. The van der Waals surface area contributed by atoms with E-state index in [1.165, 1.54) is 0 Å². The molecule has 100 valence electrons. The molecule has 0 aliphatic heterocycles. The van der Waals surface area contributed by atoms with Gasteiger partial charge in [-0.1, -0.05) is 6.07 Å². The molecule has 1 aliphatic carbocycles. The van der Waals surface area contributed by atoms with Crippen LogP contribution in [-0.2, 0) is 0 Å². The predicted octanol–water partition coefficient (Wildman–Crippen LogP) is 1.31. The van der Waals surface area contributed by atoms with Crippen molar-refractivity contribution < 1.29 is 10.2 Å². The van der Waals surface area contributed by atoms with Gasteiger partial charge in [0.15, 0.2) is 5.82 Å². The van der Waals surface area contributed by atoms with E-state index in [1.807, 2.05) is 35.9 Å². The number of imidazole rings is 1. The summed E-state index contributed by atoms with van der Waals surface area (Å²) in [6, 6.07) is 5.65. The van der Waals surface area contributed by atoms with Crippen LogP contribution in [0.4, 0.5) is 0 Å². The fourth-order valence-corrected chi connectivity index (χ4v) is 2.69. The molecule has 0 saturated heterocycles. The number of hydrogen-bond acceptors (Lipinski definition) is 4. The number of aryl methyl sites for hydroxylation is 1. The van der Waals surface area contributed by atoms with Crippen LogP contribution in [-0.4, -0.2) is 37.0 Å². The molecule has 5 nitrogen and oxygen atoms in total. The smallest absolute Gasteiger partial charge is 0.158 e. The number of pyridine rings is 1. The molecule has 2 aromatic rings. The zero-order chi connectivity index (χ0) is 13.4. The fourth-order valence-electron chi connectivity index (χ4n) is 2.69. The summed E-state index contributed by atoms with van der Waals surface area (Å²) >= 11 is 0. The van der Waals surface area contributed by atoms with Crippen LogP contribution in [0.15, 0.2) is 30.6 Å². The number of aliphatic hydroxyl groups excluding tert-OH is 2. The summed E-state index contributed by atoms with van der Waals surface area (Å²) in [5, 5.41) is 19.7. The highest BCUT2D eigenvalue weighted by Crippen LogP contribution is 2.33. The number of aliphatic hydroxyl groups is 2. The molecule has 1 saturated carbocycles. The molecule has 0 amide bonds. The Morgan fingerprint density at radius 2 is 2.11 bits per heavy atom. The van der Waals surface area contributed by atoms with Gasteiger partial charge in [-0.15, -0.1) is 0 Å². The van der Waals surface area contributed by atoms with Crippen LogP contribution in [0.5, 0.6) is 0 Å². The van der Waals surface area contributed by atoms with Crippen LogP contribution in [0.3, 0.4) is 0 Å². The monoisotopic (exact) mass is 259 g/mol. The SMILES string of the molecule is Cc1cccc(-c2nccn2[C@@H]2CC[C@@H](O)[C@@H]2O)n1. The molecule has 1 fully saturated rings. The number of nitrogens with zero attached hydrogens (tertiary/aromatic N) is 3. The normalized spacial score (nSPS) is 26.8. The van der Waals surface area contributed by atoms with Crippen LogP contribution >= 0.6 is 0 Å². The van der Waals surface area contributed by atoms with Gasteiger partial charge in [-0.3, -0.25) is 0 Å². The number of aromatic nitrogens is 3. The zero-order valence-corrected chi connectivity index (χ0v) is 10.8. The second-order valence-corrected chi connectivity index (χ2v) is 5.02. The van der Waals surface area contributed by atoms with Gasteiger partial charge in [0, 0.05) is 18.1 Å². The van der Waals surface area contributed by atoms with E-state index in [1.54, 1.807) is 6.20 Å². The van der Waals surface area contributed by atoms with Crippen molar-refractivity contribution in [1.82, 2.24) is 14.5 Å². The highest BCUT2D eigenvalue weighted by atomic mass is 16.3. The van der Waals surface area contributed by atoms with Gasteiger partial charge in [-0.2, -0.15) is 0 Å². The molecule has 2 aromatic heterocycles. The molecule has 0 unspecified atom stereocenters. The fraction of sp³-hybridized carbons (Fsp3) is 0.429. The molecule has 1 aliphatic rings. The molecule has 3 atom stereocenters. The summed E-state index contributed by atoms with van der Waals surface area (Å²) in [5.74, 6) is 0.738. The molecule has 0 aromatic carbocycles. The maximum atomic E-state index is 10.0. The van der Waals surface area contributed by atoms with Crippen LogP contribution in [0.1, 0.15) is 24.6 Å². The maximum absolute atomic E-state index is 10.0. The van der Waals surface area contributed by atoms with Crippen molar-refractivity contribution in [2.75, 3.05) is 0 Å². The van der Waals surface area contributed by atoms with Gasteiger partial charge >= 0.3 is 0 Å². The van der Waals surface area contributed by atoms with Crippen LogP contribution in [0.2, 0.25) is 0 Å². The van der Waals surface area contributed by atoms with Crippen molar-refractivity contribution >= 4 is 0 Å². The summed E-state index contributed by atoms with van der Waals surface area (Å²) in [6.07, 6.45) is 3.52. The van der Waals surface area contributed by atoms with Crippen molar-refractivity contribution in [1.29, 1.82) is 0 Å². The van der Waals surface area contributed by atoms with E-state index < -0.39 is 12.2 Å². The van der Waals surface area contributed by atoms with Crippen LogP contribution in [0, 0.1) is 6.92 Å². The third kappa shape index (κ3) is 2.15. The van der Waals surface area contributed by atoms with Crippen molar-refractivity contribution in [3.8, 4) is 11.5 Å². The summed E-state index contributed by atoms with van der Waals surface area (Å²) in [4.78, 5) is 8.80. The lowest BCUT2D eigenvalue weighted by atomic mass is 10.2. The van der Waals surface area contributed by atoms with E-state index in [0.29, 0.717) is 6.42 Å². The third-order valence-corrected chi connectivity index (χ3v) is 3.69. The van der Waals surface area contributed by atoms with Crippen molar-refractivity contribution in [2.24, 2.45) is 0 Å². The average Bonchev–Trinajstić information content (AvgIpc) is 2.98. The molecule has 3 rings (SSSR count). The molecular formula is C14H17N3O2. The van der Waals surface area contributed by atoms with Crippen molar-refractivity contribution in [3.05, 3.63) is 36.3 Å². The van der Waals surface area contributed by atoms with Crippen molar-refractivity contribution in [2.45, 2.75) is 38.0 Å². The summed E-state index contributed by atoms with van der Waals surface area (Å²) in [5.41, 5.74) is 1.72. The topological polar surface area (TPSA) is 71.2 Å². The van der Waals surface area contributed by atoms with E-state index in [-0.39, 0.29) is 6.04 Å². The molecular weight excluding hydrogens is 242 g/mol. The van der Waals surface area contributed by atoms with Gasteiger partial charge in [-0.25, -0.2) is 9.97 Å². The van der Waals surface area contributed by atoms with Gasteiger partial charge in [0.05, 0.1) is 12.1 Å². The van der Waals surface area contributed by atoms with Gasteiger partial charge in [-0.05, 0) is 31.9 Å². The highest BCUT2D eigenvalue weighted by molar-refractivity contribution is 5.50. The Hall–Kier alpha value is -1.72. The summed E-state index contributed by atoms with van der Waals surface area (Å²) in [7, 11) is 0. The second kappa shape index (κ2) is 4.75. The Balaban J connectivity index is 1.99. The standard InChI is InChI=1S/C14H17N3O2/c1-9-3-2-4-10(16-9)14-15-7-8-17(14)11-5-6-12(18)13(11)19/h2-4,7-8,11-13,18-19H,5-6H2,1H3/t11-,12-,13-/m1/s1. The van der Waals surface area contributed by atoms with Gasteiger partial charge in [0.25, 0.3) is 0 Å². The molecule has 5 heteroatoms. The molecule has 0 bridgehead atoms. The average molecular weight is 259 g/mol. The quantitative estimate of drug-likeness (QED) is 0.853. The summed E-state index contributed by atoms with van der Waals surface area (Å²) in [6.45, 7) is 1.94. The predicted molar refractivity (Wildman–Crippen MR) is 70.5 cm³/mol.